The molecule has 0 bridgehead atoms. The molecule has 19 heavy (non-hydrogen) atoms. The zero-order valence-electron chi connectivity index (χ0n) is 10.6. The van der Waals surface area contributed by atoms with Crippen molar-refractivity contribution in [2.24, 2.45) is 0 Å². The summed E-state index contributed by atoms with van der Waals surface area (Å²) in [6.07, 6.45) is 7.76. The summed E-state index contributed by atoms with van der Waals surface area (Å²) in [7, 11) is 0. The first kappa shape index (κ1) is 11.7. The third kappa shape index (κ3) is 2.43. The Balaban J connectivity index is 1.76. The smallest absolute Gasteiger partial charge is 0.128 e. The lowest BCUT2D eigenvalue weighted by molar-refractivity contribution is 0.507. The molecule has 5 heteroatoms. The van der Waals surface area contributed by atoms with Crippen LogP contribution in [-0.4, -0.2) is 27.4 Å². The van der Waals surface area contributed by atoms with E-state index in [4.69, 9.17) is 5.26 Å². The van der Waals surface area contributed by atoms with Gasteiger partial charge in [0.15, 0.2) is 0 Å². The van der Waals surface area contributed by atoms with E-state index in [1.165, 1.54) is 6.42 Å². The number of nitriles is 1. The van der Waals surface area contributed by atoms with Gasteiger partial charge in [-0.2, -0.15) is 10.4 Å². The Bertz CT molecular complexity index is 567. The van der Waals surface area contributed by atoms with Gasteiger partial charge in [-0.15, -0.1) is 0 Å². The van der Waals surface area contributed by atoms with Crippen LogP contribution in [0.25, 0.3) is 0 Å². The van der Waals surface area contributed by atoms with Gasteiger partial charge in [0, 0.05) is 25.1 Å². The van der Waals surface area contributed by atoms with E-state index in [1.807, 2.05) is 29.1 Å². The maximum atomic E-state index is 8.80. The topological polar surface area (TPSA) is 57.7 Å². The van der Waals surface area contributed by atoms with Crippen molar-refractivity contribution in [1.82, 2.24) is 14.8 Å². The second-order valence-corrected chi connectivity index (χ2v) is 4.73. The van der Waals surface area contributed by atoms with Gasteiger partial charge in [0.1, 0.15) is 11.9 Å². The van der Waals surface area contributed by atoms with E-state index >= 15 is 0 Å². The molecule has 0 radical (unpaired) electrons. The van der Waals surface area contributed by atoms with E-state index in [0.717, 1.165) is 25.3 Å². The average molecular weight is 253 g/mol. The Morgan fingerprint density at radius 3 is 3.05 bits per heavy atom. The summed E-state index contributed by atoms with van der Waals surface area (Å²) in [5.41, 5.74) is 0.603. The molecule has 0 aromatic carbocycles. The van der Waals surface area contributed by atoms with Crippen LogP contribution in [-0.2, 0) is 6.54 Å². The Morgan fingerprint density at radius 2 is 2.37 bits per heavy atom. The van der Waals surface area contributed by atoms with Gasteiger partial charge in [-0.3, -0.25) is 4.68 Å². The SMILES string of the molecule is N#Cc1ccc(N2CCC[C@H]2Cn2cccn2)nc1. The van der Waals surface area contributed by atoms with Gasteiger partial charge in [0.05, 0.1) is 18.2 Å². The van der Waals surface area contributed by atoms with E-state index in [0.29, 0.717) is 11.6 Å². The van der Waals surface area contributed by atoms with Crippen LogP contribution in [0, 0.1) is 11.3 Å². The minimum atomic E-state index is 0.431. The summed E-state index contributed by atoms with van der Waals surface area (Å²) in [5, 5.41) is 13.1. The Kier molecular flexibility index (Phi) is 3.15. The van der Waals surface area contributed by atoms with Crippen molar-refractivity contribution in [2.75, 3.05) is 11.4 Å². The molecule has 0 amide bonds. The molecule has 0 saturated carbocycles. The fraction of sp³-hybridized carbons (Fsp3) is 0.357. The van der Waals surface area contributed by atoms with Gasteiger partial charge in [0.25, 0.3) is 0 Å². The van der Waals surface area contributed by atoms with Crippen molar-refractivity contribution >= 4 is 5.82 Å². The van der Waals surface area contributed by atoms with E-state index < -0.39 is 0 Å². The molecule has 1 aliphatic rings. The fourth-order valence-electron chi connectivity index (χ4n) is 2.57. The highest BCUT2D eigenvalue weighted by molar-refractivity contribution is 5.43. The lowest BCUT2D eigenvalue weighted by Gasteiger charge is -2.25. The minimum absolute atomic E-state index is 0.431. The zero-order valence-corrected chi connectivity index (χ0v) is 10.6. The predicted molar refractivity (Wildman–Crippen MR) is 71.5 cm³/mol. The molecule has 5 nitrogen and oxygen atoms in total. The normalized spacial score (nSPS) is 18.5. The number of pyridine rings is 1. The lowest BCUT2D eigenvalue weighted by Crippen LogP contribution is -2.33. The largest absolute Gasteiger partial charge is 0.352 e. The van der Waals surface area contributed by atoms with Crippen LogP contribution in [0.4, 0.5) is 5.82 Å². The van der Waals surface area contributed by atoms with E-state index in [2.05, 4.69) is 21.1 Å². The summed E-state index contributed by atoms with van der Waals surface area (Å²) in [6, 6.07) is 8.23. The van der Waals surface area contributed by atoms with Crippen molar-refractivity contribution in [1.29, 1.82) is 5.26 Å². The zero-order chi connectivity index (χ0) is 13.1. The molecular weight excluding hydrogens is 238 g/mol. The van der Waals surface area contributed by atoms with Gasteiger partial charge < -0.3 is 4.90 Å². The maximum Gasteiger partial charge on any atom is 0.128 e. The number of hydrogen-bond acceptors (Lipinski definition) is 4. The number of anilines is 1. The van der Waals surface area contributed by atoms with Crippen LogP contribution in [0.1, 0.15) is 18.4 Å². The molecule has 3 rings (SSSR count). The van der Waals surface area contributed by atoms with Crippen molar-refractivity contribution in [2.45, 2.75) is 25.4 Å². The Hall–Kier alpha value is -2.35. The number of hydrogen-bond donors (Lipinski definition) is 0. The second kappa shape index (κ2) is 5.11. The Morgan fingerprint density at radius 1 is 1.42 bits per heavy atom. The quantitative estimate of drug-likeness (QED) is 0.837. The summed E-state index contributed by atoms with van der Waals surface area (Å²) in [6.45, 7) is 1.90. The van der Waals surface area contributed by atoms with Gasteiger partial charge in [-0.25, -0.2) is 4.98 Å². The maximum absolute atomic E-state index is 8.80. The van der Waals surface area contributed by atoms with Crippen LogP contribution in [0.5, 0.6) is 0 Å². The first-order chi connectivity index (χ1) is 9.36. The summed E-state index contributed by atoms with van der Waals surface area (Å²) in [5.74, 6) is 0.952. The molecule has 1 fully saturated rings. The number of nitrogens with zero attached hydrogens (tertiary/aromatic N) is 5. The molecule has 1 aliphatic heterocycles. The van der Waals surface area contributed by atoms with Gasteiger partial charge in [0.2, 0.25) is 0 Å². The van der Waals surface area contributed by atoms with Gasteiger partial charge in [-0.05, 0) is 31.0 Å². The van der Waals surface area contributed by atoms with E-state index in [1.54, 1.807) is 12.4 Å². The van der Waals surface area contributed by atoms with E-state index in [9.17, 15) is 0 Å². The minimum Gasteiger partial charge on any atom is -0.352 e. The van der Waals surface area contributed by atoms with Crippen LogP contribution in [0.3, 0.4) is 0 Å². The Labute approximate surface area is 112 Å². The molecule has 3 heterocycles. The fourth-order valence-corrected chi connectivity index (χ4v) is 2.57. The number of aromatic nitrogens is 3. The van der Waals surface area contributed by atoms with Gasteiger partial charge in [-0.1, -0.05) is 0 Å². The third-order valence-electron chi connectivity index (χ3n) is 3.51. The molecule has 2 aromatic rings. The first-order valence-corrected chi connectivity index (χ1v) is 6.47. The van der Waals surface area contributed by atoms with E-state index in [-0.39, 0.29) is 0 Å². The van der Waals surface area contributed by atoms with Crippen LogP contribution >= 0.6 is 0 Å². The van der Waals surface area contributed by atoms with Crippen LogP contribution in [0.15, 0.2) is 36.8 Å². The molecular formula is C14H15N5. The molecule has 0 N–H and O–H groups in total. The molecule has 96 valence electrons. The van der Waals surface area contributed by atoms with Gasteiger partial charge >= 0.3 is 0 Å². The molecule has 2 aromatic heterocycles. The lowest BCUT2D eigenvalue weighted by atomic mass is 10.2. The summed E-state index contributed by atoms with van der Waals surface area (Å²) >= 11 is 0. The highest BCUT2D eigenvalue weighted by atomic mass is 15.3. The average Bonchev–Trinajstić information content (AvgIpc) is 3.11. The highest BCUT2D eigenvalue weighted by Gasteiger charge is 2.25. The summed E-state index contributed by atoms with van der Waals surface area (Å²) < 4.78 is 1.96. The van der Waals surface area contributed by atoms with Crippen molar-refractivity contribution in [3.05, 3.63) is 42.4 Å². The first-order valence-electron chi connectivity index (χ1n) is 6.47. The number of rotatable bonds is 3. The third-order valence-corrected chi connectivity index (χ3v) is 3.51. The second-order valence-electron chi connectivity index (χ2n) is 4.73. The van der Waals surface area contributed by atoms with Crippen LogP contribution < -0.4 is 4.90 Å². The monoisotopic (exact) mass is 253 g/mol. The van der Waals surface area contributed by atoms with Crippen molar-refractivity contribution in [3.63, 3.8) is 0 Å². The molecule has 1 atom stereocenters. The molecule has 0 spiro atoms. The van der Waals surface area contributed by atoms with Crippen LogP contribution in [0.2, 0.25) is 0 Å². The predicted octanol–water partition coefficient (Wildman–Crippen LogP) is 1.82. The van der Waals surface area contributed by atoms with Crippen molar-refractivity contribution in [3.8, 4) is 6.07 Å². The molecule has 1 saturated heterocycles. The molecule has 0 unspecified atom stereocenters. The summed E-state index contributed by atoms with van der Waals surface area (Å²) in [4.78, 5) is 6.69. The standard InChI is InChI=1S/C14H15N5/c15-9-12-4-5-14(16-10-12)19-8-1-3-13(19)11-18-7-2-6-17-18/h2,4-7,10,13H,1,3,8,11H2/t13-/m0/s1. The molecule has 0 aliphatic carbocycles. The highest BCUT2D eigenvalue weighted by Crippen LogP contribution is 2.24. The van der Waals surface area contributed by atoms with Crippen molar-refractivity contribution < 1.29 is 0 Å².